The highest BCUT2D eigenvalue weighted by Crippen LogP contribution is 2.13. The second kappa shape index (κ2) is 7.74. The van der Waals surface area contributed by atoms with Gasteiger partial charge in [-0.05, 0) is 38.1 Å². The van der Waals surface area contributed by atoms with Gasteiger partial charge in [-0.15, -0.1) is 0 Å². The van der Waals surface area contributed by atoms with Crippen molar-refractivity contribution >= 4 is 23.1 Å². The van der Waals surface area contributed by atoms with E-state index in [-0.39, 0.29) is 5.91 Å². The number of rotatable bonds is 7. The van der Waals surface area contributed by atoms with E-state index in [9.17, 15) is 4.79 Å². The van der Waals surface area contributed by atoms with Gasteiger partial charge in [-0.25, -0.2) is 0 Å². The molecule has 2 N–H and O–H groups in total. The topological polar surface area (TPSA) is 55.6 Å². The summed E-state index contributed by atoms with van der Waals surface area (Å²) in [6, 6.07) is 7.16. The Morgan fingerprint density at radius 3 is 2.42 bits per heavy atom. The highest BCUT2D eigenvalue weighted by molar-refractivity contribution is 7.80. The van der Waals surface area contributed by atoms with Gasteiger partial charge in [0.15, 0.2) is 0 Å². The lowest BCUT2D eigenvalue weighted by Gasteiger charge is -2.20. The Morgan fingerprint density at radius 2 is 1.95 bits per heavy atom. The Hall–Kier alpha value is -1.62. The third kappa shape index (κ3) is 4.87. The SMILES string of the molecule is CCOc1ccc(C(=O)N(CC)CCC(N)=S)cc1. The van der Waals surface area contributed by atoms with E-state index in [1.807, 2.05) is 13.8 Å². The maximum absolute atomic E-state index is 12.3. The minimum Gasteiger partial charge on any atom is -0.494 e. The Kier molecular flexibility index (Phi) is 6.29. The van der Waals surface area contributed by atoms with Crippen molar-refractivity contribution in [2.24, 2.45) is 5.73 Å². The minimum atomic E-state index is -0.0122. The smallest absolute Gasteiger partial charge is 0.253 e. The molecular weight excluding hydrogens is 260 g/mol. The number of carbonyl (C=O) groups is 1. The fourth-order valence-electron chi connectivity index (χ4n) is 1.69. The molecule has 1 amide bonds. The van der Waals surface area contributed by atoms with Gasteiger partial charge in [0.25, 0.3) is 5.91 Å². The number of thiocarbonyl (C=S) groups is 1. The molecule has 0 aliphatic carbocycles. The van der Waals surface area contributed by atoms with Crippen molar-refractivity contribution < 1.29 is 9.53 Å². The highest BCUT2D eigenvalue weighted by Gasteiger charge is 2.14. The van der Waals surface area contributed by atoms with Gasteiger partial charge in [0, 0.05) is 25.1 Å². The van der Waals surface area contributed by atoms with Gasteiger partial charge in [-0.1, -0.05) is 12.2 Å². The molecule has 19 heavy (non-hydrogen) atoms. The monoisotopic (exact) mass is 280 g/mol. The second-order valence-electron chi connectivity index (χ2n) is 4.06. The molecule has 0 aromatic heterocycles. The van der Waals surface area contributed by atoms with E-state index < -0.39 is 0 Å². The summed E-state index contributed by atoms with van der Waals surface area (Å²) in [4.78, 5) is 14.4. The molecule has 0 fully saturated rings. The number of benzene rings is 1. The summed E-state index contributed by atoms with van der Waals surface area (Å²) in [5, 5.41) is 0. The zero-order valence-electron chi connectivity index (χ0n) is 11.4. The molecule has 104 valence electrons. The first-order valence-corrected chi connectivity index (χ1v) is 6.79. The second-order valence-corrected chi connectivity index (χ2v) is 4.58. The van der Waals surface area contributed by atoms with Crippen molar-refractivity contribution in [3.05, 3.63) is 29.8 Å². The van der Waals surface area contributed by atoms with Crippen molar-refractivity contribution in [2.45, 2.75) is 20.3 Å². The number of carbonyl (C=O) groups excluding carboxylic acids is 1. The van der Waals surface area contributed by atoms with Gasteiger partial charge in [-0.2, -0.15) is 0 Å². The number of hydrogen-bond donors (Lipinski definition) is 1. The average Bonchev–Trinajstić information content (AvgIpc) is 2.40. The largest absolute Gasteiger partial charge is 0.494 e. The molecule has 0 radical (unpaired) electrons. The van der Waals surface area contributed by atoms with E-state index in [2.05, 4.69) is 0 Å². The molecule has 0 heterocycles. The number of hydrogen-bond acceptors (Lipinski definition) is 3. The summed E-state index contributed by atoms with van der Waals surface area (Å²) >= 11 is 4.83. The molecule has 0 spiro atoms. The van der Waals surface area contributed by atoms with Crippen LogP contribution in [0.15, 0.2) is 24.3 Å². The summed E-state index contributed by atoms with van der Waals surface area (Å²) < 4.78 is 5.35. The van der Waals surface area contributed by atoms with Crippen molar-refractivity contribution in [2.75, 3.05) is 19.7 Å². The first-order valence-electron chi connectivity index (χ1n) is 6.38. The van der Waals surface area contributed by atoms with Gasteiger partial charge in [-0.3, -0.25) is 4.79 Å². The van der Waals surface area contributed by atoms with E-state index in [1.165, 1.54) is 0 Å². The van der Waals surface area contributed by atoms with E-state index >= 15 is 0 Å². The molecule has 0 bridgehead atoms. The number of ether oxygens (including phenoxy) is 1. The van der Waals surface area contributed by atoms with Crippen LogP contribution in [-0.4, -0.2) is 35.5 Å². The van der Waals surface area contributed by atoms with Crippen LogP contribution in [-0.2, 0) is 0 Å². The van der Waals surface area contributed by atoms with Gasteiger partial charge in [0.05, 0.1) is 11.6 Å². The maximum atomic E-state index is 12.3. The van der Waals surface area contributed by atoms with Gasteiger partial charge < -0.3 is 15.4 Å². The van der Waals surface area contributed by atoms with Crippen molar-refractivity contribution in [1.82, 2.24) is 4.90 Å². The van der Waals surface area contributed by atoms with Crippen molar-refractivity contribution in [1.29, 1.82) is 0 Å². The molecule has 0 unspecified atom stereocenters. The predicted molar refractivity (Wildman–Crippen MR) is 80.6 cm³/mol. The average molecular weight is 280 g/mol. The zero-order valence-corrected chi connectivity index (χ0v) is 12.2. The molecule has 5 heteroatoms. The van der Waals surface area contributed by atoms with Crippen LogP contribution in [0.25, 0.3) is 0 Å². The number of nitrogens with zero attached hydrogens (tertiary/aromatic N) is 1. The fraction of sp³-hybridized carbons (Fsp3) is 0.429. The lowest BCUT2D eigenvalue weighted by atomic mass is 10.2. The molecule has 1 aromatic rings. The van der Waals surface area contributed by atoms with Crippen LogP contribution in [0.4, 0.5) is 0 Å². The summed E-state index contributed by atoms with van der Waals surface area (Å²) in [7, 11) is 0. The third-order valence-corrected chi connectivity index (χ3v) is 2.91. The van der Waals surface area contributed by atoms with Gasteiger partial charge in [0.1, 0.15) is 5.75 Å². The van der Waals surface area contributed by atoms with Crippen LogP contribution in [0.2, 0.25) is 0 Å². The molecule has 0 saturated carbocycles. The Bertz CT molecular complexity index is 432. The third-order valence-electron chi connectivity index (χ3n) is 2.71. The standard InChI is InChI=1S/C14H20N2O2S/c1-3-16(10-9-13(15)19)14(17)11-5-7-12(8-6-11)18-4-2/h5-8H,3-4,9-10H2,1-2H3,(H2,15,19). The molecule has 1 rings (SSSR count). The van der Waals surface area contributed by atoms with Gasteiger partial charge in [0.2, 0.25) is 0 Å². The number of nitrogens with two attached hydrogens (primary N) is 1. The quantitative estimate of drug-likeness (QED) is 0.778. The van der Waals surface area contributed by atoms with Crippen molar-refractivity contribution in [3.8, 4) is 5.75 Å². The summed E-state index contributed by atoms with van der Waals surface area (Å²) in [5.41, 5.74) is 6.11. The van der Waals surface area contributed by atoms with E-state index in [0.717, 1.165) is 5.75 Å². The molecule has 4 nitrogen and oxygen atoms in total. The summed E-state index contributed by atoms with van der Waals surface area (Å²) in [5.74, 6) is 0.757. The molecular formula is C14H20N2O2S. The molecule has 0 aliphatic rings. The lowest BCUT2D eigenvalue weighted by molar-refractivity contribution is 0.0769. The molecule has 0 atom stereocenters. The predicted octanol–water partition coefficient (Wildman–Crippen LogP) is 2.22. The maximum Gasteiger partial charge on any atom is 0.253 e. The van der Waals surface area contributed by atoms with Crippen LogP contribution >= 0.6 is 12.2 Å². The van der Waals surface area contributed by atoms with Crippen LogP contribution in [0.1, 0.15) is 30.6 Å². The zero-order chi connectivity index (χ0) is 14.3. The van der Waals surface area contributed by atoms with Crippen LogP contribution in [0, 0.1) is 0 Å². The Labute approximate surface area is 119 Å². The highest BCUT2D eigenvalue weighted by atomic mass is 32.1. The van der Waals surface area contributed by atoms with E-state index in [0.29, 0.717) is 36.7 Å². The Morgan fingerprint density at radius 1 is 1.32 bits per heavy atom. The van der Waals surface area contributed by atoms with Crippen LogP contribution < -0.4 is 10.5 Å². The van der Waals surface area contributed by atoms with Crippen LogP contribution in [0.3, 0.4) is 0 Å². The van der Waals surface area contributed by atoms with Crippen LogP contribution in [0.5, 0.6) is 5.75 Å². The first-order chi connectivity index (χ1) is 9.08. The van der Waals surface area contributed by atoms with Gasteiger partial charge >= 0.3 is 0 Å². The summed E-state index contributed by atoms with van der Waals surface area (Å²) in [6.07, 6.45) is 0.548. The molecule has 0 aliphatic heterocycles. The first kappa shape index (κ1) is 15.4. The lowest BCUT2D eigenvalue weighted by Crippen LogP contribution is -2.33. The van der Waals surface area contributed by atoms with E-state index in [1.54, 1.807) is 29.2 Å². The van der Waals surface area contributed by atoms with E-state index in [4.69, 9.17) is 22.7 Å². The number of amides is 1. The van der Waals surface area contributed by atoms with Crippen molar-refractivity contribution in [3.63, 3.8) is 0 Å². The normalized spacial score (nSPS) is 10.0. The summed E-state index contributed by atoms with van der Waals surface area (Å²) in [6.45, 7) is 5.66. The Balaban J connectivity index is 2.70. The minimum absolute atomic E-state index is 0.0122. The fourth-order valence-corrected chi connectivity index (χ4v) is 1.78. The molecule has 1 aromatic carbocycles. The molecule has 0 saturated heterocycles.